The molecule has 0 aromatic carbocycles. The molecule has 0 spiro atoms. The van der Waals surface area contributed by atoms with Crippen LogP contribution in [0.25, 0.3) is 11.2 Å². The van der Waals surface area contributed by atoms with E-state index in [1.54, 1.807) is 11.6 Å². The van der Waals surface area contributed by atoms with Crippen LogP contribution in [-0.4, -0.2) is 44.7 Å². The first-order chi connectivity index (χ1) is 19.0. The van der Waals surface area contributed by atoms with Crippen LogP contribution in [0, 0.1) is 0 Å². The monoisotopic (exact) mass is 597 g/mol. The summed E-state index contributed by atoms with van der Waals surface area (Å²) in [4.78, 5) is 26.0. The van der Waals surface area contributed by atoms with Gasteiger partial charge in [-0.15, -0.1) is 0 Å². The molecule has 40 heavy (non-hydrogen) atoms. The topological polar surface area (TPSA) is 129 Å². The van der Waals surface area contributed by atoms with Crippen LogP contribution in [0.3, 0.4) is 0 Å². The van der Waals surface area contributed by atoms with Gasteiger partial charge in [-0.3, -0.25) is 14.3 Å². The van der Waals surface area contributed by atoms with Crippen LogP contribution >= 0.6 is 23.2 Å². The number of nitrogens with one attached hydrogen (secondary N) is 2. The fourth-order valence-electron chi connectivity index (χ4n) is 3.85. The van der Waals surface area contributed by atoms with Gasteiger partial charge in [-0.25, -0.2) is 4.98 Å². The minimum absolute atomic E-state index is 0.0340. The number of hydrogen-bond acceptors (Lipinski definition) is 8. The normalized spacial score (nSPS) is 16.6. The average Bonchev–Trinajstić information content (AvgIpc) is 3.56. The van der Waals surface area contributed by atoms with Crippen LogP contribution in [0.2, 0.25) is 0 Å². The van der Waals surface area contributed by atoms with Gasteiger partial charge < -0.3 is 25.8 Å². The first-order valence-electron chi connectivity index (χ1n) is 11.8. The van der Waals surface area contributed by atoms with Crippen molar-refractivity contribution in [2.45, 2.75) is 25.2 Å². The fraction of sp³-hybridized carbons (Fsp3) is 0.280. The Balaban J connectivity index is 1.71. The maximum atomic E-state index is 13.4. The molecule has 3 aromatic rings. The van der Waals surface area contributed by atoms with E-state index in [0.717, 1.165) is 12.3 Å². The third-order valence-electron chi connectivity index (χ3n) is 5.87. The van der Waals surface area contributed by atoms with E-state index >= 15 is 0 Å². The zero-order valence-corrected chi connectivity index (χ0v) is 22.6. The molecule has 1 aliphatic rings. The molecule has 10 nitrogen and oxygen atoms in total. The lowest BCUT2D eigenvalue weighted by Gasteiger charge is -2.16. The summed E-state index contributed by atoms with van der Waals surface area (Å²) >= 11 is 12.4. The Bertz CT molecular complexity index is 1500. The highest BCUT2D eigenvalue weighted by atomic mass is 35.5. The number of anilines is 1. The van der Waals surface area contributed by atoms with Crippen LogP contribution in [0.15, 0.2) is 59.0 Å². The molecule has 3 aromatic heterocycles. The molecule has 4 heterocycles. The van der Waals surface area contributed by atoms with E-state index in [0.29, 0.717) is 25.3 Å². The Morgan fingerprint density at radius 2 is 2.15 bits per heavy atom. The Morgan fingerprint density at radius 1 is 1.38 bits per heavy atom. The third-order valence-corrected chi connectivity index (χ3v) is 6.53. The van der Waals surface area contributed by atoms with Crippen LogP contribution < -0.4 is 21.1 Å². The van der Waals surface area contributed by atoms with Crippen LogP contribution in [0.4, 0.5) is 19.1 Å². The number of amides is 1. The number of ether oxygens (including phenoxy) is 2. The number of aromatic nitrogens is 4. The summed E-state index contributed by atoms with van der Waals surface area (Å²) in [5, 5.41) is 5.73. The van der Waals surface area contributed by atoms with Gasteiger partial charge in [-0.2, -0.15) is 18.2 Å². The number of imidazole rings is 1. The van der Waals surface area contributed by atoms with Crippen molar-refractivity contribution in [1.29, 1.82) is 0 Å². The van der Waals surface area contributed by atoms with Gasteiger partial charge in [-0.05, 0) is 24.3 Å². The summed E-state index contributed by atoms with van der Waals surface area (Å²) in [5.74, 6) is -0.521. The van der Waals surface area contributed by atoms with Crippen LogP contribution in [-0.2, 0) is 24.5 Å². The van der Waals surface area contributed by atoms with Gasteiger partial charge in [0.05, 0.1) is 46.8 Å². The maximum absolute atomic E-state index is 13.4. The van der Waals surface area contributed by atoms with E-state index in [-0.39, 0.29) is 50.5 Å². The van der Waals surface area contributed by atoms with Crippen LogP contribution in [0.5, 0.6) is 5.88 Å². The third kappa shape index (κ3) is 6.32. The zero-order valence-electron chi connectivity index (χ0n) is 21.1. The van der Waals surface area contributed by atoms with Crippen molar-refractivity contribution in [3.05, 3.63) is 75.8 Å². The number of pyridine rings is 2. The van der Waals surface area contributed by atoms with Gasteiger partial charge in [0, 0.05) is 25.9 Å². The standard InChI is InChI=1S/C25H24Cl2F3N7O3/c1-3-16(26)20(17(27)10-31)35-24-34-18-9-14(23(36-21(18)37(24)2)40-13-6-8-39-12-13)22(38)33-11-19-15(25(28,29)30)5-4-7-32-19/h3-5,7,9-10,13H,1,6,8,11-12,31H2,2H3,(H,33,38)(H,34,35)/b17-10+,20-16-. The lowest BCUT2D eigenvalue weighted by atomic mass is 10.1. The molecule has 1 aliphatic heterocycles. The van der Waals surface area contributed by atoms with Crippen molar-refractivity contribution in [3.8, 4) is 5.88 Å². The van der Waals surface area contributed by atoms with Crippen LogP contribution in [0.1, 0.15) is 28.0 Å². The predicted octanol–water partition coefficient (Wildman–Crippen LogP) is 4.57. The van der Waals surface area contributed by atoms with Crippen molar-refractivity contribution in [2.75, 3.05) is 18.5 Å². The lowest BCUT2D eigenvalue weighted by Crippen LogP contribution is -2.27. The predicted molar refractivity (Wildman–Crippen MR) is 144 cm³/mol. The van der Waals surface area contributed by atoms with Crippen molar-refractivity contribution >= 4 is 46.2 Å². The highest BCUT2D eigenvalue weighted by Gasteiger charge is 2.34. The Hall–Kier alpha value is -3.81. The summed E-state index contributed by atoms with van der Waals surface area (Å²) in [7, 11) is 1.66. The molecule has 1 fully saturated rings. The van der Waals surface area contributed by atoms with E-state index in [4.69, 9.17) is 38.4 Å². The summed E-state index contributed by atoms with van der Waals surface area (Å²) in [6, 6.07) is 3.50. The number of aryl methyl sites for hydroxylation is 1. The summed E-state index contributed by atoms with van der Waals surface area (Å²) in [6.45, 7) is 3.91. The smallest absolute Gasteiger partial charge is 0.418 e. The SMILES string of the molecule is C=C/C(Cl)=C(Nc1nc2cc(C(=O)NCc3ncccc3C(F)(F)F)c(OC3CCOC3)nc2n1C)\C(Cl)=C/N. The van der Waals surface area contributed by atoms with Gasteiger partial charge in [0.1, 0.15) is 17.2 Å². The minimum Gasteiger partial charge on any atom is -0.471 e. The second-order valence-corrected chi connectivity index (χ2v) is 9.34. The lowest BCUT2D eigenvalue weighted by molar-refractivity contribution is -0.138. The largest absolute Gasteiger partial charge is 0.471 e. The molecule has 1 amide bonds. The molecule has 1 unspecified atom stereocenters. The second kappa shape index (κ2) is 12.1. The Labute approximate surface area is 236 Å². The number of allylic oxidation sites excluding steroid dienone is 3. The summed E-state index contributed by atoms with van der Waals surface area (Å²) in [5.41, 5.74) is 5.07. The fourth-order valence-corrected chi connectivity index (χ4v) is 4.20. The highest BCUT2D eigenvalue weighted by molar-refractivity contribution is 6.36. The minimum atomic E-state index is -4.63. The second-order valence-electron chi connectivity index (χ2n) is 8.53. The number of carbonyl (C=O) groups excluding carboxylic acids is 1. The molecule has 0 aliphatic carbocycles. The van der Waals surface area contributed by atoms with Crippen molar-refractivity contribution in [3.63, 3.8) is 0 Å². The molecule has 0 saturated carbocycles. The van der Waals surface area contributed by atoms with Crippen molar-refractivity contribution in [1.82, 2.24) is 24.8 Å². The summed E-state index contributed by atoms with van der Waals surface area (Å²) in [6.07, 6.45) is -0.716. The summed E-state index contributed by atoms with van der Waals surface area (Å²) < 4.78 is 53.1. The molecule has 212 valence electrons. The number of nitrogens with zero attached hydrogens (tertiary/aromatic N) is 4. The maximum Gasteiger partial charge on any atom is 0.418 e. The van der Waals surface area contributed by atoms with E-state index in [1.165, 1.54) is 24.4 Å². The molecule has 0 bridgehead atoms. The van der Waals surface area contributed by atoms with E-state index in [2.05, 4.69) is 32.2 Å². The first kappa shape index (κ1) is 29.2. The van der Waals surface area contributed by atoms with Gasteiger partial charge in [0.25, 0.3) is 5.91 Å². The van der Waals surface area contributed by atoms with E-state index in [9.17, 15) is 18.0 Å². The number of carbonyl (C=O) groups is 1. The molecular weight excluding hydrogens is 574 g/mol. The number of rotatable bonds is 9. The first-order valence-corrected chi connectivity index (χ1v) is 12.6. The Kier molecular flexibility index (Phi) is 8.86. The number of fused-ring (bicyclic) bond motifs is 1. The highest BCUT2D eigenvalue weighted by Crippen LogP contribution is 2.32. The molecule has 4 rings (SSSR count). The van der Waals surface area contributed by atoms with Gasteiger partial charge in [-0.1, -0.05) is 29.8 Å². The molecule has 4 N–H and O–H groups in total. The number of hydrogen-bond donors (Lipinski definition) is 3. The number of alkyl halides is 3. The van der Waals surface area contributed by atoms with Crippen molar-refractivity contribution in [2.24, 2.45) is 12.8 Å². The number of halogens is 5. The zero-order chi connectivity index (χ0) is 29.0. The average molecular weight is 598 g/mol. The van der Waals surface area contributed by atoms with Gasteiger partial charge >= 0.3 is 6.18 Å². The van der Waals surface area contributed by atoms with E-state index in [1.807, 2.05) is 0 Å². The Morgan fingerprint density at radius 3 is 2.80 bits per heavy atom. The quantitative estimate of drug-likeness (QED) is 0.306. The van der Waals surface area contributed by atoms with Crippen molar-refractivity contribution < 1.29 is 27.4 Å². The van der Waals surface area contributed by atoms with E-state index < -0.39 is 24.2 Å². The molecule has 15 heteroatoms. The van der Waals surface area contributed by atoms with Gasteiger partial charge in [0.2, 0.25) is 11.8 Å². The van der Waals surface area contributed by atoms with Gasteiger partial charge in [0.15, 0.2) is 5.65 Å². The molecule has 1 saturated heterocycles. The molecular formula is C25H24Cl2F3N7O3. The molecule has 1 atom stereocenters. The number of nitrogens with two attached hydrogens (primary N) is 1. The molecule has 0 radical (unpaired) electrons.